The Bertz CT molecular complexity index is 857. The van der Waals surface area contributed by atoms with E-state index in [0.29, 0.717) is 16.9 Å². The Hall–Kier alpha value is -3.48. The Kier molecular flexibility index (Phi) is 6.82. The summed E-state index contributed by atoms with van der Waals surface area (Å²) in [5.41, 5.74) is 1.51. The Labute approximate surface area is 155 Å². The van der Waals surface area contributed by atoms with Gasteiger partial charge in [0.05, 0.1) is 6.42 Å². The van der Waals surface area contributed by atoms with E-state index < -0.39 is 17.8 Å². The van der Waals surface area contributed by atoms with Gasteiger partial charge < -0.3 is 14.2 Å². The second kappa shape index (κ2) is 9.28. The molecule has 140 valence electrons. The van der Waals surface area contributed by atoms with Gasteiger partial charge >= 0.3 is 11.9 Å². The molecule has 2 rings (SSSR count). The second-order valence-electron chi connectivity index (χ2n) is 5.53. The van der Waals surface area contributed by atoms with Crippen molar-refractivity contribution < 1.29 is 33.0 Å². The predicted octanol–water partition coefficient (Wildman–Crippen LogP) is 3.44. The lowest BCUT2D eigenvalue weighted by Gasteiger charge is -2.08. The van der Waals surface area contributed by atoms with E-state index in [-0.39, 0.29) is 30.8 Å². The van der Waals surface area contributed by atoms with Gasteiger partial charge in [0, 0.05) is 5.57 Å². The van der Waals surface area contributed by atoms with Crippen LogP contribution in [0.3, 0.4) is 0 Å². The Morgan fingerprint density at radius 2 is 1.74 bits per heavy atom. The zero-order valence-corrected chi connectivity index (χ0v) is 14.6. The minimum atomic E-state index is -0.716. The molecular weight excluding hydrogens is 355 g/mol. The van der Waals surface area contributed by atoms with Gasteiger partial charge in [-0.05, 0) is 42.3 Å². The molecule has 6 nitrogen and oxygen atoms in total. The van der Waals surface area contributed by atoms with Crippen LogP contribution in [0, 0.1) is 5.82 Å². The third-order valence-corrected chi connectivity index (χ3v) is 3.39. The molecule has 7 heteroatoms. The monoisotopic (exact) mass is 372 g/mol. The molecule has 0 unspecified atom stereocenters. The first-order valence-corrected chi connectivity index (χ1v) is 7.94. The van der Waals surface area contributed by atoms with E-state index in [4.69, 9.17) is 9.47 Å². The van der Waals surface area contributed by atoms with E-state index in [1.807, 2.05) is 0 Å². The average molecular weight is 372 g/mol. The highest BCUT2D eigenvalue weighted by molar-refractivity contribution is 5.88. The number of carbonyl (C=O) groups excluding carboxylic acids is 3. The summed E-state index contributed by atoms with van der Waals surface area (Å²) in [6, 6.07) is 10.6. The highest BCUT2D eigenvalue weighted by atomic mass is 19.1. The molecule has 0 aliphatic rings. The molecule has 0 saturated carbocycles. The van der Waals surface area contributed by atoms with Crippen LogP contribution in [0.25, 0.3) is 11.1 Å². The Balaban J connectivity index is 2.06. The van der Waals surface area contributed by atoms with Crippen LogP contribution in [0.2, 0.25) is 0 Å². The number of ether oxygens (including phenoxy) is 3. The van der Waals surface area contributed by atoms with E-state index in [0.717, 1.165) is 0 Å². The molecule has 0 aliphatic heterocycles. The Morgan fingerprint density at radius 3 is 2.33 bits per heavy atom. The van der Waals surface area contributed by atoms with Crippen molar-refractivity contribution in [2.75, 3.05) is 6.61 Å². The van der Waals surface area contributed by atoms with Crippen molar-refractivity contribution in [1.29, 1.82) is 0 Å². The molecule has 0 heterocycles. The number of halogens is 1. The van der Waals surface area contributed by atoms with Crippen LogP contribution in [-0.2, 0) is 19.1 Å². The van der Waals surface area contributed by atoms with Crippen molar-refractivity contribution in [3.8, 4) is 22.6 Å². The maximum Gasteiger partial charge on any atom is 0.338 e. The summed E-state index contributed by atoms with van der Waals surface area (Å²) in [5, 5.41) is 0. The number of rotatable bonds is 8. The topological polar surface area (TPSA) is 78.9 Å². The molecule has 0 bridgehead atoms. The first-order chi connectivity index (χ1) is 12.9. The molecule has 0 saturated heterocycles. The molecular formula is C20H17FO6. The number of esters is 2. The summed E-state index contributed by atoms with van der Waals surface area (Å²) >= 11 is 0. The summed E-state index contributed by atoms with van der Waals surface area (Å²) < 4.78 is 28.5. The van der Waals surface area contributed by atoms with Gasteiger partial charge in [-0.1, -0.05) is 24.8 Å². The molecule has 0 amide bonds. The molecule has 0 spiro atoms. The maximum absolute atomic E-state index is 14.2. The van der Waals surface area contributed by atoms with Gasteiger partial charge in [-0.25, -0.2) is 9.18 Å². The average Bonchev–Trinajstić information content (AvgIpc) is 2.64. The van der Waals surface area contributed by atoms with Gasteiger partial charge in [0.15, 0.2) is 11.6 Å². The lowest BCUT2D eigenvalue weighted by atomic mass is 10.1. The first-order valence-electron chi connectivity index (χ1n) is 7.94. The van der Waals surface area contributed by atoms with Crippen LogP contribution in [0.15, 0.2) is 54.6 Å². The fraction of sp³-hybridized carbons (Fsp3) is 0.150. The van der Waals surface area contributed by atoms with Crippen molar-refractivity contribution in [3.63, 3.8) is 0 Å². The minimum absolute atomic E-state index is 0.135. The van der Waals surface area contributed by atoms with E-state index in [1.54, 1.807) is 37.3 Å². The zero-order valence-electron chi connectivity index (χ0n) is 14.6. The molecule has 2 aromatic rings. The number of hydrogen-bond donors (Lipinski definition) is 0. The normalized spacial score (nSPS) is 10.0. The van der Waals surface area contributed by atoms with Gasteiger partial charge in [-0.2, -0.15) is 0 Å². The number of hydrogen-bond acceptors (Lipinski definition) is 6. The predicted molar refractivity (Wildman–Crippen MR) is 94.6 cm³/mol. The summed E-state index contributed by atoms with van der Waals surface area (Å²) in [7, 11) is 0. The van der Waals surface area contributed by atoms with Crippen molar-refractivity contribution in [2.24, 2.45) is 0 Å². The smallest absolute Gasteiger partial charge is 0.338 e. The number of benzene rings is 2. The van der Waals surface area contributed by atoms with Gasteiger partial charge in [0.2, 0.25) is 0 Å². The van der Waals surface area contributed by atoms with E-state index in [9.17, 15) is 18.8 Å². The van der Waals surface area contributed by atoms with Crippen LogP contribution in [-0.4, -0.2) is 25.0 Å². The van der Waals surface area contributed by atoms with Crippen LogP contribution in [0.1, 0.15) is 13.3 Å². The van der Waals surface area contributed by atoms with Gasteiger partial charge in [0.25, 0.3) is 6.47 Å². The van der Waals surface area contributed by atoms with E-state index >= 15 is 0 Å². The second-order valence-corrected chi connectivity index (χ2v) is 5.53. The summed E-state index contributed by atoms with van der Waals surface area (Å²) in [6.07, 6.45) is -0.176. The molecule has 27 heavy (non-hydrogen) atoms. The lowest BCUT2D eigenvalue weighted by molar-refractivity contribution is -0.137. The fourth-order valence-electron chi connectivity index (χ4n) is 2.04. The highest BCUT2D eigenvalue weighted by Crippen LogP contribution is 2.27. The van der Waals surface area contributed by atoms with Crippen molar-refractivity contribution in [1.82, 2.24) is 0 Å². The van der Waals surface area contributed by atoms with Gasteiger partial charge in [-0.15, -0.1) is 0 Å². The third kappa shape index (κ3) is 5.78. The molecule has 0 aliphatic carbocycles. The van der Waals surface area contributed by atoms with Crippen molar-refractivity contribution >= 4 is 18.4 Å². The van der Waals surface area contributed by atoms with Crippen molar-refractivity contribution in [3.05, 3.63) is 60.4 Å². The van der Waals surface area contributed by atoms with E-state index in [1.165, 1.54) is 12.1 Å². The molecule has 0 N–H and O–H groups in total. The quantitative estimate of drug-likeness (QED) is 0.232. The lowest BCUT2D eigenvalue weighted by Crippen LogP contribution is -2.11. The SMILES string of the molecule is C=C(C)C(=O)Oc1ccc(-c2ccc(OC(=O)CCOC=O)c(F)c2)cc1. The molecule has 2 aromatic carbocycles. The first kappa shape index (κ1) is 19.8. The third-order valence-electron chi connectivity index (χ3n) is 3.39. The fourth-order valence-corrected chi connectivity index (χ4v) is 2.04. The standard InChI is InChI=1S/C20H17FO6/c1-13(2)20(24)26-16-6-3-14(4-7-16)15-5-8-18(17(21)11-15)27-19(23)9-10-25-12-22/h3-8,11-12H,1,9-10H2,2H3. The maximum atomic E-state index is 14.2. The van der Waals surface area contributed by atoms with Crippen LogP contribution < -0.4 is 9.47 Å². The van der Waals surface area contributed by atoms with Gasteiger partial charge in [0.1, 0.15) is 12.4 Å². The minimum Gasteiger partial charge on any atom is -0.467 e. The Morgan fingerprint density at radius 1 is 1.07 bits per heavy atom. The molecule has 0 fully saturated rings. The highest BCUT2D eigenvalue weighted by Gasteiger charge is 2.12. The summed E-state index contributed by atoms with van der Waals surface area (Å²) in [6.45, 7) is 5.13. The van der Waals surface area contributed by atoms with E-state index in [2.05, 4.69) is 11.3 Å². The molecule has 0 atom stereocenters. The summed E-state index contributed by atoms with van der Waals surface area (Å²) in [4.78, 5) is 33.0. The van der Waals surface area contributed by atoms with Crippen LogP contribution >= 0.6 is 0 Å². The van der Waals surface area contributed by atoms with Gasteiger partial charge in [-0.3, -0.25) is 9.59 Å². The van der Waals surface area contributed by atoms with Crippen LogP contribution in [0.5, 0.6) is 11.5 Å². The van der Waals surface area contributed by atoms with Crippen molar-refractivity contribution in [2.45, 2.75) is 13.3 Å². The number of carbonyl (C=O) groups is 3. The largest absolute Gasteiger partial charge is 0.467 e. The molecule has 0 aromatic heterocycles. The molecule has 0 radical (unpaired) electrons. The van der Waals surface area contributed by atoms with Crippen LogP contribution in [0.4, 0.5) is 4.39 Å². The summed E-state index contributed by atoms with van der Waals surface area (Å²) in [5.74, 6) is -1.84. The zero-order chi connectivity index (χ0) is 19.8.